The summed E-state index contributed by atoms with van der Waals surface area (Å²) in [4.78, 5) is 10.7. The minimum atomic E-state index is -1.03. The van der Waals surface area contributed by atoms with Gasteiger partial charge in [-0.05, 0) is 24.1 Å². The molecule has 2 N–H and O–H groups in total. The van der Waals surface area contributed by atoms with E-state index < -0.39 is 12.1 Å². The maximum absolute atomic E-state index is 10.7. The molecule has 0 aromatic heterocycles. The van der Waals surface area contributed by atoms with Gasteiger partial charge in [0.05, 0.1) is 6.10 Å². The minimum absolute atomic E-state index is 0.0800. The van der Waals surface area contributed by atoms with Crippen molar-refractivity contribution in [3.63, 3.8) is 0 Å². The zero-order valence-corrected chi connectivity index (χ0v) is 12.0. The highest BCUT2D eigenvalue weighted by atomic mass is 16.7. The Bertz CT molecular complexity index is 507. The summed E-state index contributed by atoms with van der Waals surface area (Å²) in [7, 11) is 1.51. The van der Waals surface area contributed by atoms with Crippen LogP contribution in [0.1, 0.15) is 17.5 Å². The van der Waals surface area contributed by atoms with Crippen LogP contribution in [0.5, 0.6) is 5.75 Å². The Balaban J connectivity index is 3.09. The van der Waals surface area contributed by atoms with Gasteiger partial charge in [0.2, 0.25) is 0 Å². The van der Waals surface area contributed by atoms with Crippen molar-refractivity contribution in [3.05, 3.63) is 48.1 Å². The molecule has 5 nitrogen and oxygen atoms in total. The second-order valence-corrected chi connectivity index (χ2v) is 4.43. The lowest BCUT2D eigenvalue weighted by molar-refractivity contribution is -0.131. The average Bonchev–Trinajstić information content (AvgIpc) is 2.44. The zero-order chi connectivity index (χ0) is 15.7. The Morgan fingerprint density at radius 3 is 2.86 bits per heavy atom. The Labute approximate surface area is 124 Å². The predicted octanol–water partition coefficient (Wildman–Crippen LogP) is 2.25. The molecule has 1 aromatic carbocycles. The van der Waals surface area contributed by atoms with Crippen LogP contribution in [0.25, 0.3) is 6.08 Å². The lowest BCUT2D eigenvalue weighted by Gasteiger charge is -2.16. The maximum atomic E-state index is 10.7. The molecule has 1 atom stereocenters. The molecule has 0 radical (unpaired) electrons. The Morgan fingerprint density at radius 2 is 2.24 bits per heavy atom. The molecular weight excluding hydrogens is 272 g/mol. The molecule has 0 saturated heterocycles. The summed E-state index contributed by atoms with van der Waals surface area (Å²) in [5.41, 5.74) is 1.43. The van der Waals surface area contributed by atoms with Gasteiger partial charge >= 0.3 is 5.97 Å². The Hall–Kier alpha value is -2.11. The van der Waals surface area contributed by atoms with Crippen LogP contribution >= 0.6 is 0 Å². The van der Waals surface area contributed by atoms with Crippen LogP contribution in [0, 0.1) is 0 Å². The van der Waals surface area contributed by atoms with E-state index in [9.17, 15) is 9.90 Å². The first-order valence-electron chi connectivity index (χ1n) is 6.52. The molecule has 1 aromatic rings. The first kappa shape index (κ1) is 16.9. The van der Waals surface area contributed by atoms with Gasteiger partial charge in [-0.25, -0.2) is 4.79 Å². The number of methoxy groups -OCH3 is 1. The molecule has 0 aliphatic rings. The average molecular weight is 292 g/mol. The van der Waals surface area contributed by atoms with E-state index in [0.29, 0.717) is 24.2 Å². The number of aliphatic carboxylic acids is 1. The third-order valence-corrected chi connectivity index (χ3v) is 2.79. The quantitative estimate of drug-likeness (QED) is 0.415. The van der Waals surface area contributed by atoms with E-state index in [1.807, 2.05) is 0 Å². The largest absolute Gasteiger partial charge is 0.478 e. The third-order valence-electron chi connectivity index (χ3n) is 2.79. The number of aliphatic hydroxyl groups is 1. The van der Waals surface area contributed by atoms with E-state index in [4.69, 9.17) is 14.6 Å². The molecule has 0 spiro atoms. The summed E-state index contributed by atoms with van der Waals surface area (Å²) >= 11 is 0. The molecule has 0 fully saturated rings. The van der Waals surface area contributed by atoms with Crippen molar-refractivity contribution < 1.29 is 24.5 Å². The summed E-state index contributed by atoms with van der Waals surface area (Å²) in [6.07, 6.45) is 4.35. The molecule has 0 unspecified atom stereocenters. The van der Waals surface area contributed by atoms with Crippen molar-refractivity contribution in [2.24, 2.45) is 0 Å². The highest BCUT2D eigenvalue weighted by Gasteiger charge is 2.13. The molecule has 0 aliphatic carbocycles. The maximum Gasteiger partial charge on any atom is 0.328 e. The highest BCUT2D eigenvalue weighted by molar-refractivity contribution is 5.85. The number of carboxylic acid groups (broad SMARTS) is 1. The second kappa shape index (κ2) is 8.94. The topological polar surface area (TPSA) is 76.0 Å². The van der Waals surface area contributed by atoms with E-state index >= 15 is 0 Å². The standard InChI is InChI=1S/C16H20O5/c1-3-5-13(17)10-14-12(8-9-16(18)19)6-4-7-15(14)21-11-20-2/h3-4,6-9,13,17H,1,5,10-11H2,2H3,(H,18,19)/b9-8+/t13-/m0/s1. The van der Waals surface area contributed by atoms with Gasteiger partial charge in [0.15, 0.2) is 6.79 Å². The third kappa shape index (κ3) is 5.81. The van der Waals surface area contributed by atoms with Gasteiger partial charge in [0.1, 0.15) is 5.75 Å². The lowest BCUT2D eigenvalue weighted by atomic mass is 9.98. The van der Waals surface area contributed by atoms with Crippen LogP contribution in [0.4, 0.5) is 0 Å². The molecule has 5 heteroatoms. The fourth-order valence-corrected chi connectivity index (χ4v) is 1.89. The second-order valence-electron chi connectivity index (χ2n) is 4.43. The fourth-order valence-electron chi connectivity index (χ4n) is 1.89. The molecule has 21 heavy (non-hydrogen) atoms. The van der Waals surface area contributed by atoms with Gasteiger partial charge < -0.3 is 19.7 Å². The number of hydrogen-bond acceptors (Lipinski definition) is 4. The Kier molecular flexibility index (Phi) is 7.21. The van der Waals surface area contributed by atoms with Crippen LogP contribution < -0.4 is 4.74 Å². The van der Waals surface area contributed by atoms with Crippen LogP contribution in [-0.2, 0) is 16.0 Å². The number of carbonyl (C=O) groups is 1. The minimum Gasteiger partial charge on any atom is -0.478 e. The van der Waals surface area contributed by atoms with Crippen LogP contribution in [-0.4, -0.2) is 36.2 Å². The van der Waals surface area contributed by atoms with Crippen molar-refractivity contribution in [2.45, 2.75) is 18.9 Å². The van der Waals surface area contributed by atoms with Crippen LogP contribution in [0.3, 0.4) is 0 Å². The van der Waals surface area contributed by atoms with Gasteiger partial charge in [-0.3, -0.25) is 0 Å². The smallest absolute Gasteiger partial charge is 0.328 e. The lowest BCUT2D eigenvalue weighted by Crippen LogP contribution is -2.12. The molecule has 114 valence electrons. The summed E-state index contributed by atoms with van der Waals surface area (Å²) in [6.45, 7) is 3.67. The van der Waals surface area contributed by atoms with Crippen molar-refractivity contribution >= 4 is 12.0 Å². The summed E-state index contributed by atoms with van der Waals surface area (Å²) < 4.78 is 10.4. The van der Waals surface area contributed by atoms with Gasteiger partial charge in [0, 0.05) is 25.2 Å². The van der Waals surface area contributed by atoms with Gasteiger partial charge in [-0.15, -0.1) is 6.58 Å². The van der Waals surface area contributed by atoms with Crippen molar-refractivity contribution in [3.8, 4) is 5.75 Å². The number of carboxylic acids is 1. The molecule has 1 rings (SSSR count). The first-order chi connectivity index (χ1) is 10.1. The van der Waals surface area contributed by atoms with E-state index in [1.54, 1.807) is 24.3 Å². The predicted molar refractivity (Wildman–Crippen MR) is 80.1 cm³/mol. The summed E-state index contributed by atoms with van der Waals surface area (Å²) in [5.74, 6) is -0.469. The first-order valence-corrected chi connectivity index (χ1v) is 6.52. The number of hydrogen-bond donors (Lipinski definition) is 2. The zero-order valence-electron chi connectivity index (χ0n) is 12.0. The summed E-state index contributed by atoms with van der Waals surface area (Å²) in [6, 6.07) is 5.29. The normalized spacial score (nSPS) is 12.3. The molecule has 0 heterocycles. The van der Waals surface area contributed by atoms with Crippen molar-refractivity contribution in [2.75, 3.05) is 13.9 Å². The molecular formula is C16H20O5. The SMILES string of the molecule is C=CC[C@H](O)Cc1c(/C=C/C(=O)O)cccc1OCOC. The van der Waals surface area contributed by atoms with E-state index in [1.165, 1.54) is 13.2 Å². The fraction of sp³-hybridized carbons (Fsp3) is 0.312. The van der Waals surface area contributed by atoms with Gasteiger partial charge in [-0.1, -0.05) is 18.2 Å². The molecule has 0 saturated carbocycles. The number of ether oxygens (including phenoxy) is 2. The molecule has 0 aliphatic heterocycles. The van der Waals surface area contributed by atoms with E-state index in [0.717, 1.165) is 11.6 Å². The molecule has 0 amide bonds. The monoisotopic (exact) mass is 292 g/mol. The van der Waals surface area contributed by atoms with E-state index in [2.05, 4.69) is 6.58 Å². The highest BCUT2D eigenvalue weighted by Crippen LogP contribution is 2.26. The number of benzene rings is 1. The summed E-state index contributed by atoms with van der Waals surface area (Å²) in [5, 5.41) is 18.7. The van der Waals surface area contributed by atoms with Crippen molar-refractivity contribution in [1.82, 2.24) is 0 Å². The Morgan fingerprint density at radius 1 is 1.48 bits per heavy atom. The number of rotatable bonds is 9. The van der Waals surface area contributed by atoms with Crippen LogP contribution in [0.2, 0.25) is 0 Å². The van der Waals surface area contributed by atoms with Crippen LogP contribution in [0.15, 0.2) is 36.9 Å². The van der Waals surface area contributed by atoms with Crippen molar-refractivity contribution in [1.29, 1.82) is 0 Å². The number of aliphatic hydroxyl groups excluding tert-OH is 1. The molecule has 0 bridgehead atoms. The van der Waals surface area contributed by atoms with Gasteiger partial charge in [-0.2, -0.15) is 0 Å². The van der Waals surface area contributed by atoms with E-state index in [-0.39, 0.29) is 6.79 Å². The van der Waals surface area contributed by atoms with Gasteiger partial charge in [0.25, 0.3) is 0 Å².